The van der Waals surface area contributed by atoms with Gasteiger partial charge < -0.3 is 10.1 Å². The van der Waals surface area contributed by atoms with E-state index >= 15 is 0 Å². The number of ether oxygens (including phenoxy) is 1. The van der Waals surface area contributed by atoms with Crippen molar-refractivity contribution in [2.24, 2.45) is 0 Å². The average Bonchev–Trinajstić information content (AvgIpc) is 2.68. The van der Waals surface area contributed by atoms with E-state index in [0.29, 0.717) is 18.8 Å². The topological polar surface area (TPSA) is 75.7 Å². The van der Waals surface area contributed by atoms with Crippen LogP contribution in [-0.4, -0.2) is 44.6 Å². The molecule has 1 N–H and O–H groups in total. The first kappa shape index (κ1) is 21.3. The molecule has 0 saturated carbocycles. The number of methoxy groups -OCH3 is 1. The highest BCUT2D eigenvalue weighted by atomic mass is 32.2. The van der Waals surface area contributed by atoms with Crippen molar-refractivity contribution < 1.29 is 17.9 Å². The maximum atomic E-state index is 12.5. The average molecular weight is 409 g/mol. The molecule has 0 atom stereocenters. The molecule has 2 aromatic rings. The van der Waals surface area contributed by atoms with Crippen molar-refractivity contribution in [3.8, 4) is 5.75 Å². The van der Waals surface area contributed by atoms with E-state index < -0.39 is 10.0 Å². The quantitative estimate of drug-likeness (QED) is 0.643. The van der Waals surface area contributed by atoms with Crippen molar-refractivity contribution in [3.05, 3.63) is 48.5 Å². The number of sulfonamides is 1. The van der Waals surface area contributed by atoms with Crippen LogP contribution >= 0.6 is 11.8 Å². The van der Waals surface area contributed by atoms with Gasteiger partial charge in [0.05, 0.1) is 17.8 Å². The monoisotopic (exact) mass is 408 g/mol. The smallest absolute Gasteiger partial charge is 0.243 e. The Morgan fingerprint density at radius 2 is 1.63 bits per heavy atom. The van der Waals surface area contributed by atoms with E-state index in [1.807, 2.05) is 24.3 Å². The molecule has 0 aliphatic carbocycles. The third-order valence-corrected chi connectivity index (χ3v) is 6.99. The fraction of sp³-hybridized carbons (Fsp3) is 0.316. The van der Waals surface area contributed by atoms with Crippen LogP contribution in [0.1, 0.15) is 13.8 Å². The molecule has 0 unspecified atom stereocenters. The molecule has 6 nitrogen and oxygen atoms in total. The van der Waals surface area contributed by atoms with Gasteiger partial charge >= 0.3 is 0 Å². The Morgan fingerprint density at radius 1 is 1.04 bits per heavy atom. The highest BCUT2D eigenvalue weighted by Crippen LogP contribution is 2.22. The van der Waals surface area contributed by atoms with Gasteiger partial charge in [-0.1, -0.05) is 13.8 Å². The molecular formula is C19H24N2O4S2. The number of amides is 1. The van der Waals surface area contributed by atoms with Gasteiger partial charge in [-0.2, -0.15) is 4.31 Å². The summed E-state index contributed by atoms with van der Waals surface area (Å²) >= 11 is 1.41. The molecule has 0 heterocycles. The number of hydrogen-bond donors (Lipinski definition) is 1. The summed E-state index contributed by atoms with van der Waals surface area (Å²) in [7, 11) is -1.89. The van der Waals surface area contributed by atoms with Crippen molar-refractivity contribution >= 4 is 33.4 Å². The van der Waals surface area contributed by atoms with Crippen LogP contribution in [0.2, 0.25) is 0 Å². The number of anilines is 1. The first-order chi connectivity index (χ1) is 12.9. The summed E-state index contributed by atoms with van der Waals surface area (Å²) < 4.78 is 31.4. The minimum absolute atomic E-state index is 0.157. The minimum Gasteiger partial charge on any atom is -0.497 e. The lowest BCUT2D eigenvalue weighted by molar-refractivity contribution is -0.113. The fourth-order valence-corrected chi connectivity index (χ4v) is 4.60. The zero-order chi connectivity index (χ0) is 19.9. The molecule has 2 aromatic carbocycles. The maximum Gasteiger partial charge on any atom is 0.243 e. The predicted molar refractivity (Wildman–Crippen MR) is 109 cm³/mol. The number of rotatable bonds is 9. The van der Waals surface area contributed by atoms with Crippen molar-refractivity contribution in [2.75, 3.05) is 31.3 Å². The van der Waals surface area contributed by atoms with Crippen LogP contribution in [0.3, 0.4) is 0 Å². The molecule has 2 rings (SSSR count). The number of thioether (sulfide) groups is 1. The van der Waals surface area contributed by atoms with E-state index in [2.05, 4.69) is 5.32 Å². The van der Waals surface area contributed by atoms with E-state index in [1.165, 1.54) is 28.2 Å². The third-order valence-electron chi connectivity index (χ3n) is 3.91. The van der Waals surface area contributed by atoms with Gasteiger partial charge in [0, 0.05) is 23.7 Å². The Labute approximate surface area is 165 Å². The molecule has 0 bridgehead atoms. The van der Waals surface area contributed by atoms with Crippen LogP contribution in [0.4, 0.5) is 5.69 Å². The van der Waals surface area contributed by atoms with Gasteiger partial charge in [-0.25, -0.2) is 8.42 Å². The molecule has 146 valence electrons. The van der Waals surface area contributed by atoms with Gasteiger partial charge in [-0.05, 0) is 48.5 Å². The zero-order valence-electron chi connectivity index (χ0n) is 15.6. The van der Waals surface area contributed by atoms with E-state index in [9.17, 15) is 13.2 Å². The second kappa shape index (κ2) is 9.77. The molecule has 0 radical (unpaired) electrons. The van der Waals surface area contributed by atoms with Gasteiger partial charge in [-0.3, -0.25) is 4.79 Å². The maximum absolute atomic E-state index is 12.5. The number of nitrogens with zero attached hydrogens (tertiary/aromatic N) is 1. The lowest BCUT2D eigenvalue weighted by Crippen LogP contribution is -2.30. The lowest BCUT2D eigenvalue weighted by Gasteiger charge is -2.18. The highest BCUT2D eigenvalue weighted by Gasteiger charge is 2.21. The SMILES string of the molecule is CCN(CC)S(=O)(=O)c1ccc(NC(=O)CSc2ccc(OC)cc2)cc1. The van der Waals surface area contributed by atoms with Gasteiger partial charge in [0.1, 0.15) is 5.75 Å². The summed E-state index contributed by atoms with van der Waals surface area (Å²) in [5.74, 6) is 0.866. The molecule has 0 aromatic heterocycles. The largest absolute Gasteiger partial charge is 0.497 e. The van der Waals surface area contributed by atoms with Crippen LogP contribution in [0.15, 0.2) is 58.3 Å². The molecule has 8 heteroatoms. The number of carbonyl (C=O) groups is 1. The van der Waals surface area contributed by atoms with E-state index in [4.69, 9.17) is 4.74 Å². The summed E-state index contributed by atoms with van der Waals surface area (Å²) in [4.78, 5) is 13.3. The molecule has 0 aliphatic rings. The fourth-order valence-electron chi connectivity index (χ4n) is 2.44. The van der Waals surface area contributed by atoms with Crippen LogP contribution in [0.25, 0.3) is 0 Å². The first-order valence-electron chi connectivity index (χ1n) is 8.57. The van der Waals surface area contributed by atoms with Gasteiger partial charge in [-0.15, -0.1) is 11.8 Å². The number of carbonyl (C=O) groups excluding carboxylic acids is 1. The van der Waals surface area contributed by atoms with Crippen molar-refractivity contribution in [1.82, 2.24) is 4.31 Å². The third kappa shape index (κ3) is 5.72. The molecule has 0 saturated heterocycles. The van der Waals surface area contributed by atoms with Crippen molar-refractivity contribution in [2.45, 2.75) is 23.6 Å². The summed E-state index contributed by atoms with van der Waals surface area (Å²) in [5, 5.41) is 2.78. The Kier molecular flexibility index (Phi) is 7.70. The van der Waals surface area contributed by atoms with Gasteiger partial charge in [0.2, 0.25) is 15.9 Å². The van der Waals surface area contributed by atoms with Crippen LogP contribution in [-0.2, 0) is 14.8 Å². The van der Waals surface area contributed by atoms with E-state index in [0.717, 1.165) is 10.6 Å². The standard InChI is InChI=1S/C19H24N2O4S2/c1-4-21(5-2)27(23,24)18-12-6-15(7-13-18)20-19(22)14-26-17-10-8-16(25-3)9-11-17/h6-13H,4-5,14H2,1-3H3,(H,20,22). The first-order valence-corrected chi connectivity index (χ1v) is 11.0. The Morgan fingerprint density at radius 3 is 2.15 bits per heavy atom. The second-order valence-electron chi connectivity index (χ2n) is 5.63. The predicted octanol–water partition coefficient (Wildman–Crippen LogP) is 3.46. The lowest BCUT2D eigenvalue weighted by atomic mass is 10.3. The van der Waals surface area contributed by atoms with Gasteiger partial charge in [0.25, 0.3) is 0 Å². The molecule has 0 aliphatic heterocycles. The highest BCUT2D eigenvalue weighted by molar-refractivity contribution is 8.00. The molecule has 0 fully saturated rings. The number of nitrogens with one attached hydrogen (secondary N) is 1. The molecular weight excluding hydrogens is 384 g/mol. The van der Waals surface area contributed by atoms with Crippen molar-refractivity contribution in [1.29, 1.82) is 0 Å². The number of hydrogen-bond acceptors (Lipinski definition) is 5. The van der Waals surface area contributed by atoms with E-state index in [1.54, 1.807) is 33.1 Å². The Balaban J connectivity index is 1.94. The normalized spacial score (nSPS) is 11.4. The minimum atomic E-state index is -3.49. The molecule has 0 spiro atoms. The summed E-state index contributed by atoms with van der Waals surface area (Å²) in [6.07, 6.45) is 0. The van der Waals surface area contributed by atoms with Crippen LogP contribution in [0, 0.1) is 0 Å². The van der Waals surface area contributed by atoms with E-state index in [-0.39, 0.29) is 16.6 Å². The summed E-state index contributed by atoms with van der Waals surface area (Å²) in [6.45, 7) is 4.44. The molecule has 27 heavy (non-hydrogen) atoms. The zero-order valence-corrected chi connectivity index (χ0v) is 17.3. The van der Waals surface area contributed by atoms with Gasteiger partial charge in [0.15, 0.2) is 0 Å². The van der Waals surface area contributed by atoms with Crippen LogP contribution in [0.5, 0.6) is 5.75 Å². The van der Waals surface area contributed by atoms with Crippen molar-refractivity contribution in [3.63, 3.8) is 0 Å². The summed E-state index contributed by atoms with van der Waals surface area (Å²) in [6, 6.07) is 13.7. The Hall–Kier alpha value is -2.03. The summed E-state index contributed by atoms with van der Waals surface area (Å²) in [5.41, 5.74) is 0.564. The van der Waals surface area contributed by atoms with Crippen LogP contribution < -0.4 is 10.1 Å². The Bertz CT molecular complexity index is 846. The molecule has 1 amide bonds. The number of benzene rings is 2. The second-order valence-corrected chi connectivity index (χ2v) is 8.61.